The van der Waals surface area contributed by atoms with Crippen molar-refractivity contribution in [1.29, 1.82) is 0 Å². The van der Waals surface area contributed by atoms with Crippen molar-refractivity contribution in [2.75, 3.05) is 18.0 Å². The third-order valence-electron chi connectivity index (χ3n) is 3.52. The van der Waals surface area contributed by atoms with E-state index >= 15 is 0 Å². The van der Waals surface area contributed by atoms with Gasteiger partial charge in [0.1, 0.15) is 0 Å². The molecule has 1 saturated heterocycles. The average Bonchev–Trinajstić information content (AvgIpc) is 2.29. The van der Waals surface area contributed by atoms with Gasteiger partial charge in [-0.3, -0.25) is 4.79 Å². The summed E-state index contributed by atoms with van der Waals surface area (Å²) in [6, 6.07) is 6.45. The van der Waals surface area contributed by atoms with Gasteiger partial charge in [0.05, 0.1) is 5.92 Å². The van der Waals surface area contributed by atoms with Crippen LogP contribution in [0.25, 0.3) is 0 Å². The number of nitrogens with two attached hydrogens (primary N) is 1. The number of hydrogen-bond acceptors (Lipinski definition) is 2. The van der Waals surface area contributed by atoms with Gasteiger partial charge in [-0.25, -0.2) is 0 Å². The number of aryl methyl sites for hydroxylation is 2. The molecule has 3 nitrogen and oxygen atoms in total. The van der Waals surface area contributed by atoms with Crippen molar-refractivity contribution in [3.05, 3.63) is 29.3 Å². The van der Waals surface area contributed by atoms with E-state index in [1.54, 1.807) is 0 Å². The van der Waals surface area contributed by atoms with Gasteiger partial charge in [-0.1, -0.05) is 17.7 Å². The SMILES string of the molecule is Cc1ccc(N2CCCC(C(N)=O)C2)c(C)c1. The zero-order valence-electron chi connectivity index (χ0n) is 10.6. The minimum absolute atomic E-state index is 0.00412. The molecule has 1 aromatic carbocycles. The standard InChI is InChI=1S/C14H20N2O/c1-10-5-6-13(11(2)8-10)16-7-3-4-12(9-16)14(15)17/h5-6,8,12H,3-4,7,9H2,1-2H3,(H2,15,17). The minimum Gasteiger partial charge on any atom is -0.371 e. The summed E-state index contributed by atoms with van der Waals surface area (Å²) in [5, 5.41) is 0. The van der Waals surface area contributed by atoms with E-state index in [4.69, 9.17) is 5.73 Å². The number of hydrogen-bond donors (Lipinski definition) is 1. The summed E-state index contributed by atoms with van der Waals surface area (Å²) in [4.78, 5) is 13.6. The van der Waals surface area contributed by atoms with E-state index in [1.807, 2.05) is 0 Å². The van der Waals surface area contributed by atoms with Gasteiger partial charge < -0.3 is 10.6 Å². The van der Waals surface area contributed by atoms with Gasteiger partial charge in [0, 0.05) is 18.8 Å². The van der Waals surface area contributed by atoms with E-state index in [0.29, 0.717) is 0 Å². The van der Waals surface area contributed by atoms with Crippen molar-refractivity contribution in [2.45, 2.75) is 26.7 Å². The summed E-state index contributed by atoms with van der Waals surface area (Å²) in [6.07, 6.45) is 1.97. The van der Waals surface area contributed by atoms with Crippen molar-refractivity contribution in [3.63, 3.8) is 0 Å². The van der Waals surface area contributed by atoms with E-state index in [-0.39, 0.29) is 11.8 Å². The Morgan fingerprint density at radius 3 is 2.82 bits per heavy atom. The molecule has 1 aromatic rings. The van der Waals surface area contributed by atoms with Crippen molar-refractivity contribution >= 4 is 11.6 Å². The molecule has 1 amide bonds. The second kappa shape index (κ2) is 4.78. The smallest absolute Gasteiger partial charge is 0.222 e. The number of carbonyl (C=O) groups is 1. The van der Waals surface area contributed by atoms with Crippen LogP contribution in [-0.4, -0.2) is 19.0 Å². The lowest BCUT2D eigenvalue weighted by atomic mass is 9.96. The summed E-state index contributed by atoms with van der Waals surface area (Å²) in [5.41, 5.74) is 9.19. The van der Waals surface area contributed by atoms with Gasteiger partial charge in [-0.15, -0.1) is 0 Å². The quantitative estimate of drug-likeness (QED) is 0.847. The Morgan fingerprint density at radius 2 is 2.18 bits per heavy atom. The fourth-order valence-corrected chi connectivity index (χ4v) is 2.59. The van der Waals surface area contributed by atoms with Gasteiger partial charge in [0.15, 0.2) is 0 Å². The van der Waals surface area contributed by atoms with Crippen LogP contribution >= 0.6 is 0 Å². The lowest BCUT2D eigenvalue weighted by Crippen LogP contribution is -2.41. The lowest BCUT2D eigenvalue weighted by molar-refractivity contribution is -0.122. The molecule has 17 heavy (non-hydrogen) atoms. The zero-order chi connectivity index (χ0) is 12.4. The van der Waals surface area contributed by atoms with Crippen molar-refractivity contribution in [1.82, 2.24) is 0 Å². The molecular formula is C14H20N2O. The van der Waals surface area contributed by atoms with E-state index in [1.165, 1.54) is 16.8 Å². The molecule has 0 aromatic heterocycles. The van der Waals surface area contributed by atoms with E-state index < -0.39 is 0 Å². The van der Waals surface area contributed by atoms with Crippen LogP contribution in [0, 0.1) is 19.8 Å². The molecule has 1 aliphatic heterocycles. The number of amides is 1. The molecule has 0 aliphatic carbocycles. The summed E-state index contributed by atoms with van der Waals surface area (Å²) < 4.78 is 0. The maximum Gasteiger partial charge on any atom is 0.222 e. The largest absolute Gasteiger partial charge is 0.371 e. The van der Waals surface area contributed by atoms with Gasteiger partial charge in [-0.2, -0.15) is 0 Å². The molecule has 1 fully saturated rings. The Labute approximate surface area is 103 Å². The van der Waals surface area contributed by atoms with Gasteiger partial charge >= 0.3 is 0 Å². The minimum atomic E-state index is -0.167. The highest BCUT2D eigenvalue weighted by atomic mass is 16.1. The van der Waals surface area contributed by atoms with Crippen LogP contribution in [0.15, 0.2) is 18.2 Å². The first-order valence-corrected chi connectivity index (χ1v) is 6.19. The van der Waals surface area contributed by atoms with E-state index in [0.717, 1.165) is 25.9 Å². The molecule has 1 atom stereocenters. The number of anilines is 1. The molecule has 1 heterocycles. The van der Waals surface area contributed by atoms with Crippen LogP contribution in [-0.2, 0) is 4.79 Å². The Bertz CT molecular complexity index is 428. The molecule has 0 bridgehead atoms. The van der Waals surface area contributed by atoms with Crippen molar-refractivity contribution in [2.24, 2.45) is 11.7 Å². The molecule has 92 valence electrons. The molecule has 3 heteroatoms. The molecule has 0 spiro atoms. The number of primary amides is 1. The number of rotatable bonds is 2. The third kappa shape index (κ3) is 2.60. The normalized spacial score (nSPS) is 20.4. The van der Waals surface area contributed by atoms with Crippen LogP contribution in [0.2, 0.25) is 0 Å². The highest BCUT2D eigenvalue weighted by Gasteiger charge is 2.24. The highest BCUT2D eigenvalue weighted by molar-refractivity contribution is 5.77. The maximum absolute atomic E-state index is 11.3. The van der Waals surface area contributed by atoms with Crippen LogP contribution in [0.3, 0.4) is 0 Å². The topological polar surface area (TPSA) is 46.3 Å². The first kappa shape index (κ1) is 12.0. The zero-order valence-corrected chi connectivity index (χ0v) is 10.6. The van der Waals surface area contributed by atoms with Crippen LogP contribution in [0.4, 0.5) is 5.69 Å². The van der Waals surface area contributed by atoms with Gasteiger partial charge in [0.2, 0.25) is 5.91 Å². The number of carbonyl (C=O) groups excluding carboxylic acids is 1. The van der Waals surface area contributed by atoms with Crippen molar-refractivity contribution < 1.29 is 4.79 Å². The summed E-state index contributed by atoms with van der Waals surface area (Å²) in [6.45, 7) is 6.00. The van der Waals surface area contributed by atoms with E-state index in [2.05, 4.69) is 36.9 Å². The monoisotopic (exact) mass is 232 g/mol. The Balaban J connectivity index is 2.19. The second-order valence-corrected chi connectivity index (χ2v) is 4.98. The Kier molecular flexibility index (Phi) is 3.36. The Hall–Kier alpha value is -1.51. The fourth-order valence-electron chi connectivity index (χ4n) is 2.59. The summed E-state index contributed by atoms with van der Waals surface area (Å²) in [5.74, 6) is -0.163. The molecule has 2 rings (SSSR count). The average molecular weight is 232 g/mol. The molecule has 1 unspecified atom stereocenters. The third-order valence-corrected chi connectivity index (χ3v) is 3.52. The van der Waals surface area contributed by atoms with Gasteiger partial charge in [0.25, 0.3) is 0 Å². The molecule has 1 aliphatic rings. The number of benzene rings is 1. The van der Waals surface area contributed by atoms with Gasteiger partial charge in [-0.05, 0) is 38.3 Å². The molecule has 0 saturated carbocycles. The van der Waals surface area contributed by atoms with E-state index in [9.17, 15) is 4.79 Å². The van der Waals surface area contributed by atoms with Crippen LogP contribution in [0.1, 0.15) is 24.0 Å². The lowest BCUT2D eigenvalue weighted by Gasteiger charge is -2.34. The Morgan fingerprint density at radius 1 is 1.41 bits per heavy atom. The van der Waals surface area contributed by atoms with Crippen LogP contribution < -0.4 is 10.6 Å². The molecule has 2 N–H and O–H groups in total. The molecule has 0 radical (unpaired) electrons. The highest BCUT2D eigenvalue weighted by Crippen LogP contribution is 2.26. The number of nitrogens with zero attached hydrogens (tertiary/aromatic N) is 1. The maximum atomic E-state index is 11.3. The number of piperidine rings is 1. The predicted molar refractivity (Wildman–Crippen MR) is 70.0 cm³/mol. The fraction of sp³-hybridized carbons (Fsp3) is 0.500. The summed E-state index contributed by atoms with van der Waals surface area (Å²) >= 11 is 0. The van der Waals surface area contributed by atoms with Crippen LogP contribution in [0.5, 0.6) is 0 Å². The molecular weight excluding hydrogens is 212 g/mol. The summed E-state index contributed by atoms with van der Waals surface area (Å²) in [7, 11) is 0. The second-order valence-electron chi connectivity index (χ2n) is 4.98. The predicted octanol–water partition coefficient (Wildman–Crippen LogP) is 2.01. The first-order chi connectivity index (χ1) is 8.08. The van der Waals surface area contributed by atoms with Crippen molar-refractivity contribution in [3.8, 4) is 0 Å². The first-order valence-electron chi connectivity index (χ1n) is 6.19.